The Morgan fingerprint density at radius 2 is 2.09 bits per heavy atom. The third kappa shape index (κ3) is 3.59. The van der Waals surface area contributed by atoms with Gasteiger partial charge in [-0.1, -0.05) is 0 Å². The van der Waals surface area contributed by atoms with Crippen LogP contribution in [0.3, 0.4) is 0 Å². The number of nitrogens with one attached hydrogen (secondary N) is 1. The summed E-state index contributed by atoms with van der Waals surface area (Å²) in [7, 11) is 0. The molecule has 32 heavy (non-hydrogen) atoms. The molecule has 0 aromatic carbocycles. The van der Waals surface area contributed by atoms with E-state index in [-0.39, 0.29) is 22.9 Å². The Bertz CT molecular complexity index is 1290. The van der Waals surface area contributed by atoms with Crippen LogP contribution in [0.25, 0.3) is 5.65 Å². The zero-order chi connectivity index (χ0) is 22.2. The monoisotopic (exact) mass is 437 g/mol. The zero-order valence-corrected chi connectivity index (χ0v) is 17.2. The van der Waals surface area contributed by atoms with E-state index in [1.54, 1.807) is 19.3 Å². The average molecular weight is 437 g/mol. The molecule has 1 aliphatic heterocycles. The number of aromatic nitrogens is 6. The molecule has 3 N–H and O–H groups in total. The summed E-state index contributed by atoms with van der Waals surface area (Å²) in [5.41, 5.74) is 7.52. The van der Waals surface area contributed by atoms with Crippen LogP contribution in [0.2, 0.25) is 0 Å². The fourth-order valence-electron chi connectivity index (χ4n) is 3.94. The first-order valence-electron chi connectivity index (χ1n) is 10.1. The van der Waals surface area contributed by atoms with Crippen molar-refractivity contribution in [3.63, 3.8) is 0 Å². The Morgan fingerprint density at radius 1 is 1.28 bits per heavy atom. The maximum atomic E-state index is 13.4. The van der Waals surface area contributed by atoms with Crippen molar-refractivity contribution in [2.45, 2.75) is 25.7 Å². The summed E-state index contributed by atoms with van der Waals surface area (Å²) in [5, 5.41) is 14.9. The summed E-state index contributed by atoms with van der Waals surface area (Å²) < 4.78 is 20.2. The van der Waals surface area contributed by atoms with Crippen molar-refractivity contribution in [3.05, 3.63) is 54.0 Å². The van der Waals surface area contributed by atoms with Gasteiger partial charge in [-0.05, 0) is 18.9 Å². The number of nitrogen functional groups attached to an aromatic ring is 1. The van der Waals surface area contributed by atoms with E-state index >= 15 is 0 Å². The van der Waals surface area contributed by atoms with Crippen molar-refractivity contribution >= 4 is 28.7 Å². The van der Waals surface area contributed by atoms with Gasteiger partial charge in [0.15, 0.2) is 17.3 Å². The van der Waals surface area contributed by atoms with Gasteiger partial charge in [-0.15, -0.1) is 15.3 Å². The molecule has 5 rings (SSSR count). The molecule has 1 saturated heterocycles. The molecule has 1 amide bonds. The highest BCUT2D eigenvalue weighted by Gasteiger charge is 2.27. The highest BCUT2D eigenvalue weighted by molar-refractivity contribution is 6.12. The molecule has 1 fully saturated rings. The van der Waals surface area contributed by atoms with Gasteiger partial charge in [0.1, 0.15) is 5.56 Å². The first kappa shape index (κ1) is 19.8. The van der Waals surface area contributed by atoms with Gasteiger partial charge in [0.25, 0.3) is 5.91 Å². The normalized spacial score (nSPS) is 14.8. The van der Waals surface area contributed by atoms with E-state index in [9.17, 15) is 9.18 Å². The lowest BCUT2D eigenvalue weighted by Gasteiger charge is -2.33. The summed E-state index contributed by atoms with van der Waals surface area (Å²) in [6, 6.07) is 1.85. The maximum absolute atomic E-state index is 13.4. The van der Waals surface area contributed by atoms with Crippen molar-refractivity contribution in [1.29, 1.82) is 0 Å². The molecule has 0 aliphatic carbocycles. The minimum atomic E-state index is -0.583. The topological polar surface area (TPSA) is 140 Å². The van der Waals surface area contributed by atoms with Crippen LogP contribution in [0, 0.1) is 12.7 Å². The Balaban J connectivity index is 1.35. The molecular weight excluding hydrogens is 417 g/mol. The summed E-state index contributed by atoms with van der Waals surface area (Å²) in [6.45, 7) is 3.28. The van der Waals surface area contributed by atoms with E-state index in [1.807, 2.05) is 6.07 Å². The number of halogens is 1. The summed E-state index contributed by atoms with van der Waals surface area (Å²) in [5.74, 6) is 0.311. The first-order chi connectivity index (χ1) is 15.5. The Labute approximate surface area is 181 Å². The quantitative estimate of drug-likeness (QED) is 0.491. The van der Waals surface area contributed by atoms with Gasteiger partial charge >= 0.3 is 0 Å². The molecule has 11 nitrogen and oxygen atoms in total. The van der Waals surface area contributed by atoms with Gasteiger partial charge in [-0.25, -0.2) is 13.9 Å². The number of nitrogens with two attached hydrogens (primary N) is 1. The molecule has 1 aliphatic rings. The number of amides is 1. The van der Waals surface area contributed by atoms with Crippen LogP contribution in [0.5, 0.6) is 0 Å². The lowest BCUT2D eigenvalue weighted by Crippen LogP contribution is -2.33. The van der Waals surface area contributed by atoms with Gasteiger partial charge in [-0.2, -0.15) is 0 Å². The van der Waals surface area contributed by atoms with Crippen LogP contribution in [0.1, 0.15) is 40.9 Å². The van der Waals surface area contributed by atoms with Crippen molar-refractivity contribution in [2.75, 3.05) is 29.0 Å². The predicted octanol–water partition coefficient (Wildman–Crippen LogP) is 2.17. The molecule has 0 spiro atoms. The van der Waals surface area contributed by atoms with E-state index in [0.717, 1.165) is 48.5 Å². The van der Waals surface area contributed by atoms with E-state index < -0.39 is 11.7 Å². The molecule has 5 heterocycles. The number of hydrogen-bond donors (Lipinski definition) is 2. The number of pyridine rings is 1. The second-order valence-corrected chi connectivity index (χ2v) is 7.57. The maximum Gasteiger partial charge on any atom is 0.263 e. The predicted molar refractivity (Wildman–Crippen MR) is 113 cm³/mol. The number of fused-ring (bicyclic) bond motifs is 1. The highest BCUT2D eigenvalue weighted by Crippen LogP contribution is 2.33. The van der Waals surface area contributed by atoms with Crippen molar-refractivity contribution in [1.82, 2.24) is 29.8 Å². The summed E-state index contributed by atoms with van der Waals surface area (Å²) in [4.78, 5) is 23.3. The molecule has 4 aromatic heterocycles. The number of carbonyl (C=O) groups excluding carboxylic acids is 1. The number of anilines is 3. The fraction of sp³-hybridized carbons (Fsp3) is 0.300. The van der Waals surface area contributed by atoms with Gasteiger partial charge in [0, 0.05) is 32.1 Å². The lowest BCUT2D eigenvalue weighted by molar-refractivity contribution is 0.102. The molecule has 4 aromatic rings. The summed E-state index contributed by atoms with van der Waals surface area (Å²) in [6.07, 6.45) is 7.06. The van der Waals surface area contributed by atoms with Crippen LogP contribution < -0.4 is 16.0 Å². The fourth-order valence-corrected chi connectivity index (χ4v) is 3.94. The number of hydrogen-bond acceptors (Lipinski definition) is 9. The van der Waals surface area contributed by atoms with Crippen molar-refractivity contribution in [2.24, 2.45) is 0 Å². The molecule has 164 valence electrons. The minimum Gasteiger partial charge on any atom is -0.425 e. The molecule has 12 heteroatoms. The third-order valence-corrected chi connectivity index (χ3v) is 5.47. The number of aryl methyl sites for hydroxylation is 1. The third-order valence-electron chi connectivity index (χ3n) is 5.47. The lowest BCUT2D eigenvalue weighted by atomic mass is 9.96. The molecule has 0 unspecified atom stereocenters. The van der Waals surface area contributed by atoms with Crippen LogP contribution in [0.15, 0.2) is 35.3 Å². The second-order valence-electron chi connectivity index (χ2n) is 7.57. The number of nitrogens with zero attached hydrogens (tertiary/aromatic N) is 7. The van der Waals surface area contributed by atoms with Crippen molar-refractivity contribution in [3.8, 4) is 0 Å². The van der Waals surface area contributed by atoms with Gasteiger partial charge < -0.3 is 20.4 Å². The van der Waals surface area contributed by atoms with Crippen LogP contribution in [-0.2, 0) is 0 Å². The minimum absolute atomic E-state index is 0.0401. The van der Waals surface area contributed by atoms with Crippen LogP contribution in [0.4, 0.5) is 21.6 Å². The average Bonchev–Trinajstić information content (AvgIpc) is 3.36. The SMILES string of the molecule is Cc1nnc(C2CCN(c3ccncc3NC(=O)c3c(N)nn4cc(F)cnc34)CC2)o1. The largest absolute Gasteiger partial charge is 0.425 e. The van der Waals surface area contributed by atoms with Gasteiger partial charge in [-0.3, -0.25) is 9.78 Å². The first-order valence-corrected chi connectivity index (χ1v) is 10.1. The number of rotatable bonds is 4. The number of piperidine rings is 1. The Hall–Kier alpha value is -4.09. The molecule has 0 saturated carbocycles. The molecule has 0 atom stereocenters. The van der Waals surface area contributed by atoms with Crippen LogP contribution in [-0.4, -0.2) is 48.8 Å². The summed E-state index contributed by atoms with van der Waals surface area (Å²) >= 11 is 0. The van der Waals surface area contributed by atoms with E-state index in [4.69, 9.17) is 10.2 Å². The highest BCUT2D eigenvalue weighted by atomic mass is 19.1. The van der Waals surface area contributed by atoms with E-state index in [0.29, 0.717) is 17.5 Å². The van der Waals surface area contributed by atoms with Crippen molar-refractivity contribution < 1.29 is 13.6 Å². The molecule has 0 radical (unpaired) electrons. The van der Waals surface area contributed by atoms with Gasteiger partial charge in [0.2, 0.25) is 11.8 Å². The molecular formula is C20H20FN9O2. The van der Waals surface area contributed by atoms with E-state index in [1.165, 1.54) is 0 Å². The van der Waals surface area contributed by atoms with Crippen LogP contribution >= 0.6 is 0 Å². The molecule has 0 bridgehead atoms. The second kappa shape index (κ2) is 7.87. The smallest absolute Gasteiger partial charge is 0.263 e. The number of carbonyl (C=O) groups is 1. The van der Waals surface area contributed by atoms with E-state index in [2.05, 4.69) is 35.5 Å². The zero-order valence-electron chi connectivity index (χ0n) is 17.2. The Kier molecular flexibility index (Phi) is 4.88. The Morgan fingerprint density at radius 3 is 2.84 bits per heavy atom. The standard InChI is InChI=1S/C20H20FN9O2/c1-11-26-27-20(32-11)12-3-6-29(7-4-12)15-2-5-23-9-14(15)25-19(31)16-17(22)28-30-10-13(21)8-24-18(16)30/h2,5,8-10,12H,3-4,6-7H2,1H3,(H2,22,28)(H,25,31). The van der Waals surface area contributed by atoms with Gasteiger partial charge in [0.05, 0.1) is 30.0 Å².